The molecule has 17 heavy (non-hydrogen) atoms. The Morgan fingerprint density at radius 1 is 1.29 bits per heavy atom. The first-order valence-corrected chi connectivity index (χ1v) is 5.71. The zero-order valence-corrected chi connectivity index (χ0v) is 9.09. The summed E-state index contributed by atoms with van der Waals surface area (Å²) in [6.07, 6.45) is 1.05. The Morgan fingerprint density at radius 2 is 2.24 bits per heavy atom. The normalized spacial score (nSPS) is 30.5. The Kier molecular flexibility index (Phi) is 1.64. The van der Waals surface area contributed by atoms with Crippen LogP contribution in [0.15, 0.2) is 30.3 Å². The number of hydrogen-bond acceptors (Lipinski definition) is 4. The molecule has 0 radical (unpaired) electrons. The highest BCUT2D eigenvalue weighted by atomic mass is 16.8. The van der Waals surface area contributed by atoms with E-state index in [4.69, 9.17) is 9.47 Å². The zero-order valence-electron chi connectivity index (χ0n) is 9.09. The van der Waals surface area contributed by atoms with Gasteiger partial charge in [0.1, 0.15) is 23.1 Å². The van der Waals surface area contributed by atoms with Gasteiger partial charge in [-0.05, 0) is 12.1 Å². The van der Waals surface area contributed by atoms with Crippen molar-refractivity contribution < 1.29 is 14.6 Å². The summed E-state index contributed by atoms with van der Waals surface area (Å²) in [5, 5.41) is 10.7. The first-order chi connectivity index (χ1) is 8.29. The Bertz CT molecular complexity index is 613. The highest BCUT2D eigenvalue weighted by molar-refractivity contribution is 5.84. The van der Waals surface area contributed by atoms with E-state index in [-0.39, 0.29) is 11.9 Å². The van der Waals surface area contributed by atoms with Crippen LogP contribution in [0.4, 0.5) is 0 Å². The molecule has 1 aromatic carbocycles. The first kappa shape index (κ1) is 9.39. The van der Waals surface area contributed by atoms with Crippen LogP contribution < -0.4 is 0 Å². The minimum Gasteiger partial charge on any atom is -0.506 e. The van der Waals surface area contributed by atoms with E-state index in [0.717, 1.165) is 17.5 Å². The van der Waals surface area contributed by atoms with Crippen molar-refractivity contribution in [2.75, 3.05) is 6.61 Å². The van der Waals surface area contributed by atoms with Crippen LogP contribution in [0, 0.1) is 0 Å². The quantitative estimate of drug-likeness (QED) is 0.759. The van der Waals surface area contributed by atoms with Crippen molar-refractivity contribution in [1.29, 1.82) is 0 Å². The van der Waals surface area contributed by atoms with Crippen LogP contribution >= 0.6 is 0 Å². The van der Waals surface area contributed by atoms with E-state index < -0.39 is 5.79 Å². The van der Waals surface area contributed by atoms with E-state index in [1.54, 1.807) is 12.1 Å². The fourth-order valence-electron chi connectivity index (χ4n) is 2.50. The van der Waals surface area contributed by atoms with Crippen molar-refractivity contribution in [2.45, 2.75) is 18.3 Å². The number of phenols is 1. The van der Waals surface area contributed by atoms with Crippen LogP contribution in [0.3, 0.4) is 0 Å². The Hall–Kier alpha value is -1.65. The average Bonchev–Trinajstić information content (AvgIpc) is 2.92. The molecule has 0 spiro atoms. The number of nitrogens with zero attached hydrogens (tertiary/aromatic N) is 1. The van der Waals surface area contributed by atoms with E-state index in [9.17, 15) is 5.11 Å². The van der Waals surface area contributed by atoms with Crippen molar-refractivity contribution in [2.24, 2.45) is 0 Å². The van der Waals surface area contributed by atoms with Crippen LogP contribution in [0.25, 0.3) is 10.9 Å². The third-order valence-electron chi connectivity index (χ3n) is 3.44. The molecule has 2 unspecified atom stereocenters. The molecule has 2 atom stereocenters. The summed E-state index contributed by atoms with van der Waals surface area (Å²) in [5.74, 6) is -0.438. The Morgan fingerprint density at radius 3 is 3.00 bits per heavy atom. The predicted molar refractivity (Wildman–Crippen MR) is 60.5 cm³/mol. The highest BCUT2D eigenvalue weighted by Gasteiger charge is 2.64. The van der Waals surface area contributed by atoms with Crippen LogP contribution in [-0.4, -0.2) is 22.8 Å². The lowest BCUT2D eigenvalue weighted by Gasteiger charge is -2.10. The summed E-state index contributed by atoms with van der Waals surface area (Å²) in [6, 6.07) is 9.21. The van der Waals surface area contributed by atoms with Crippen LogP contribution in [0.1, 0.15) is 12.1 Å². The zero-order chi connectivity index (χ0) is 11.5. The number of aromatic nitrogens is 1. The second-order valence-corrected chi connectivity index (χ2v) is 4.46. The molecule has 4 heteroatoms. The standard InChI is InChI=1S/C13H11NO3/c15-9-3-1-2-8-4-5-10(14-12(8)9)13-11(17-13)6-7-16-13/h1-5,11,15H,6-7H2. The lowest BCUT2D eigenvalue weighted by Crippen LogP contribution is -2.13. The number of aromatic hydroxyl groups is 1. The van der Waals surface area contributed by atoms with E-state index in [1.807, 2.05) is 18.2 Å². The average molecular weight is 229 g/mol. The van der Waals surface area contributed by atoms with Gasteiger partial charge in [-0.2, -0.15) is 0 Å². The van der Waals surface area contributed by atoms with Crippen molar-refractivity contribution in [3.05, 3.63) is 36.0 Å². The van der Waals surface area contributed by atoms with Crippen LogP contribution in [0.2, 0.25) is 0 Å². The lowest BCUT2D eigenvalue weighted by atomic mass is 10.1. The number of benzene rings is 1. The molecule has 2 saturated heterocycles. The maximum atomic E-state index is 9.79. The monoisotopic (exact) mass is 229 g/mol. The molecule has 0 saturated carbocycles. The maximum absolute atomic E-state index is 9.79. The molecule has 3 heterocycles. The molecule has 86 valence electrons. The summed E-state index contributed by atoms with van der Waals surface area (Å²) < 4.78 is 11.2. The summed E-state index contributed by atoms with van der Waals surface area (Å²) in [7, 11) is 0. The van der Waals surface area contributed by atoms with Gasteiger partial charge in [0.05, 0.1) is 6.61 Å². The Balaban J connectivity index is 1.90. The maximum Gasteiger partial charge on any atom is 0.240 e. The topological polar surface area (TPSA) is 54.9 Å². The molecule has 2 aromatic rings. The molecular weight excluding hydrogens is 218 g/mol. The van der Waals surface area contributed by atoms with Gasteiger partial charge >= 0.3 is 0 Å². The number of para-hydroxylation sites is 1. The van der Waals surface area contributed by atoms with Gasteiger partial charge in [-0.25, -0.2) is 4.98 Å². The minimum absolute atomic E-state index is 0.137. The van der Waals surface area contributed by atoms with Gasteiger partial charge in [0.25, 0.3) is 0 Å². The Labute approximate surface area is 97.8 Å². The third-order valence-corrected chi connectivity index (χ3v) is 3.44. The van der Waals surface area contributed by atoms with Gasteiger partial charge in [-0.15, -0.1) is 0 Å². The predicted octanol–water partition coefficient (Wildman–Crippen LogP) is 1.91. The van der Waals surface area contributed by atoms with E-state index in [0.29, 0.717) is 12.1 Å². The summed E-state index contributed by atoms with van der Waals surface area (Å²) in [4.78, 5) is 4.47. The summed E-state index contributed by atoms with van der Waals surface area (Å²) in [6.45, 7) is 0.713. The minimum atomic E-state index is -0.629. The lowest BCUT2D eigenvalue weighted by molar-refractivity contribution is -0.0449. The van der Waals surface area contributed by atoms with Crippen LogP contribution in [-0.2, 0) is 15.3 Å². The number of ether oxygens (including phenoxy) is 2. The molecule has 2 aliphatic rings. The SMILES string of the molecule is Oc1cccc2ccc(C34OCCC3O4)nc12. The van der Waals surface area contributed by atoms with E-state index in [2.05, 4.69) is 4.98 Å². The third kappa shape index (κ3) is 1.16. The molecule has 2 aliphatic heterocycles. The van der Waals surface area contributed by atoms with Crippen molar-refractivity contribution in [3.63, 3.8) is 0 Å². The fourth-order valence-corrected chi connectivity index (χ4v) is 2.50. The molecule has 0 bridgehead atoms. The van der Waals surface area contributed by atoms with Gasteiger partial charge in [0.15, 0.2) is 0 Å². The van der Waals surface area contributed by atoms with Gasteiger partial charge in [-0.1, -0.05) is 18.2 Å². The largest absolute Gasteiger partial charge is 0.506 e. The number of pyridine rings is 1. The van der Waals surface area contributed by atoms with Gasteiger partial charge in [0, 0.05) is 11.8 Å². The molecule has 1 aromatic heterocycles. The number of fused-ring (bicyclic) bond motifs is 2. The molecule has 0 amide bonds. The molecule has 2 fully saturated rings. The van der Waals surface area contributed by atoms with Crippen LogP contribution in [0.5, 0.6) is 5.75 Å². The number of hydrogen-bond donors (Lipinski definition) is 1. The second kappa shape index (κ2) is 2.97. The van der Waals surface area contributed by atoms with Gasteiger partial charge < -0.3 is 14.6 Å². The van der Waals surface area contributed by atoms with Crippen molar-refractivity contribution in [3.8, 4) is 5.75 Å². The van der Waals surface area contributed by atoms with E-state index in [1.165, 1.54) is 0 Å². The van der Waals surface area contributed by atoms with E-state index >= 15 is 0 Å². The second-order valence-electron chi connectivity index (χ2n) is 4.46. The summed E-state index contributed by atoms with van der Waals surface area (Å²) >= 11 is 0. The first-order valence-electron chi connectivity index (χ1n) is 5.71. The summed E-state index contributed by atoms with van der Waals surface area (Å²) in [5.41, 5.74) is 1.36. The van der Waals surface area contributed by atoms with Gasteiger partial charge in [-0.3, -0.25) is 0 Å². The van der Waals surface area contributed by atoms with Gasteiger partial charge in [0.2, 0.25) is 5.79 Å². The fraction of sp³-hybridized carbons (Fsp3) is 0.308. The van der Waals surface area contributed by atoms with Crippen molar-refractivity contribution >= 4 is 10.9 Å². The molecule has 1 N–H and O–H groups in total. The smallest absolute Gasteiger partial charge is 0.240 e. The number of phenolic OH excluding ortho intramolecular Hbond substituents is 1. The molecular formula is C13H11NO3. The number of rotatable bonds is 1. The highest BCUT2D eigenvalue weighted by Crippen LogP contribution is 2.52. The number of epoxide rings is 1. The molecule has 4 nitrogen and oxygen atoms in total. The van der Waals surface area contributed by atoms with Crippen molar-refractivity contribution in [1.82, 2.24) is 4.98 Å². The molecule has 0 aliphatic carbocycles. The molecule has 4 rings (SSSR count).